The van der Waals surface area contributed by atoms with Crippen molar-refractivity contribution in [3.8, 4) is 0 Å². The van der Waals surface area contributed by atoms with Gasteiger partial charge in [0.1, 0.15) is 5.03 Å². The van der Waals surface area contributed by atoms with E-state index in [9.17, 15) is 14.4 Å². The number of carbonyl (C=O) groups excluding carboxylic acids is 3. The third-order valence-corrected chi connectivity index (χ3v) is 9.80. The van der Waals surface area contributed by atoms with Gasteiger partial charge in [-0.25, -0.2) is 9.78 Å². The van der Waals surface area contributed by atoms with Crippen LogP contribution in [0.2, 0.25) is 0 Å². The van der Waals surface area contributed by atoms with E-state index in [1.54, 1.807) is 27.8 Å². The Bertz CT molecular complexity index is 802. The normalized spacial score (nSPS) is 20.7. The Kier molecular flexibility index (Phi) is 13.0. The van der Waals surface area contributed by atoms with Gasteiger partial charge in [0.2, 0.25) is 11.8 Å². The second-order valence-corrected chi connectivity index (χ2v) is 12.5. The molecule has 2 unspecified atom stereocenters. The molecule has 0 saturated carbocycles. The van der Waals surface area contributed by atoms with Crippen molar-refractivity contribution in [3.05, 3.63) is 24.4 Å². The molecule has 2 aliphatic rings. The Labute approximate surface area is 220 Å². The van der Waals surface area contributed by atoms with Crippen molar-refractivity contribution in [3.63, 3.8) is 0 Å². The van der Waals surface area contributed by atoms with E-state index >= 15 is 0 Å². The van der Waals surface area contributed by atoms with E-state index < -0.39 is 0 Å². The minimum atomic E-state index is -0.0452. The summed E-state index contributed by atoms with van der Waals surface area (Å²) in [6, 6.07) is 6.28. The molecule has 8 nitrogen and oxygen atoms in total. The van der Waals surface area contributed by atoms with Crippen LogP contribution in [0.1, 0.15) is 57.8 Å². The summed E-state index contributed by atoms with van der Waals surface area (Å²) < 4.78 is 0. The van der Waals surface area contributed by atoms with Crippen molar-refractivity contribution >= 4 is 51.2 Å². The number of rotatable bonds is 17. The van der Waals surface area contributed by atoms with Crippen molar-refractivity contribution in [1.29, 1.82) is 0 Å². The molecule has 2 fully saturated rings. The number of nitrogens with one attached hydrogen (secondary N) is 4. The monoisotopic (exact) mass is 539 g/mol. The van der Waals surface area contributed by atoms with Crippen molar-refractivity contribution in [2.45, 2.75) is 80.1 Å². The van der Waals surface area contributed by atoms with Gasteiger partial charge in [-0.1, -0.05) is 36.1 Å². The van der Waals surface area contributed by atoms with Crippen LogP contribution in [-0.4, -0.2) is 64.8 Å². The highest BCUT2D eigenvalue weighted by Crippen LogP contribution is 2.33. The number of unbranched alkanes of at least 4 members (excludes halogenated alkanes) is 4. The predicted octanol–water partition coefficient (Wildman–Crippen LogP) is 3.73. The Morgan fingerprint density at radius 3 is 2.51 bits per heavy atom. The first kappa shape index (κ1) is 28.0. The lowest BCUT2D eigenvalue weighted by molar-refractivity contribution is -0.121. The minimum Gasteiger partial charge on any atom is -0.356 e. The van der Waals surface area contributed by atoms with E-state index in [1.807, 2.05) is 30.0 Å². The zero-order chi connectivity index (χ0) is 24.7. The molecule has 1 aromatic rings. The molecule has 1 aromatic heterocycles. The standard InChI is InChI=1S/C24H37N5O3S3/c30-20(10-4-3-9-19-23-18(17-33-19)28-24(32)29-23)25-13-6-1-2-7-14-26-21(31)12-16-34-35-22-11-5-8-15-27-22/h5,8,11,15,18-19,23H,1-4,6-7,9-10,12-14,16-17H2,(H,25,30)(H,26,31)(H2,28,29,32)/t18?,19-,23?/m0/s1. The minimum absolute atomic E-state index is 0.0452. The summed E-state index contributed by atoms with van der Waals surface area (Å²) >= 11 is 1.92. The fraction of sp³-hybridized carbons (Fsp3) is 0.667. The van der Waals surface area contributed by atoms with E-state index in [-0.39, 0.29) is 29.9 Å². The quantitative estimate of drug-likeness (QED) is 0.136. The van der Waals surface area contributed by atoms with E-state index in [4.69, 9.17) is 0 Å². The third kappa shape index (κ3) is 10.9. The van der Waals surface area contributed by atoms with Crippen LogP contribution in [0.4, 0.5) is 4.79 Å². The first-order valence-electron chi connectivity index (χ1n) is 12.5. The van der Waals surface area contributed by atoms with Crippen molar-refractivity contribution in [2.75, 3.05) is 24.6 Å². The summed E-state index contributed by atoms with van der Waals surface area (Å²) in [7, 11) is 3.24. The number of amides is 4. The van der Waals surface area contributed by atoms with Gasteiger partial charge in [0, 0.05) is 48.9 Å². The van der Waals surface area contributed by atoms with E-state index in [0.717, 1.165) is 68.0 Å². The molecule has 194 valence electrons. The van der Waals surface area contributed by atoms with Crippen LogP contribution in [0.25, 0.3) is 0 Å². The summed E-state index contributed by atoms with van der Waals surface area (Å²) in [5.74, 6) is 1.97. The van der Waals surface area contributed by atoms with Gasteiger partial charge < -0.3 is 21.3 Å². The molecule has 4 amide bonds. The average molecular weight is 540 g/mol. The molecule has 2 aliphatic heterocycles. The van der Waals surface area contributed by atoms with Crippen LogP contribution in [0, 0.1) is 0 Å². The van der Waals surface area contributed by atoms with Crippen LogP contribution in [-0.2, 0) is 9.59 Å². The molecule has 0 aliphatic carbocycles. The lowest BCUT2D eigenvalue weighted by atomic mass is 10.0. The molecule has 4 N–H and O–H groups in total. The van der Waals surface area contributed by atoms with E-state index in [0.29, 0.717) is 24.6 Å². The van der Waals surface area contributed by atoms with Gasteiger partial charge in [-0.05, 0) is 48.6 Å². The van der Waals surface area contributed by atoms with Gasteiger partial charge >= 0.3 is 6.03 Å². The Morgan fingerprint density at radius 2 is 1.77 bits per heavy atom. The number of urea groups is 1. The highest BCUT2D eigenvalue weighted by Gasteiger charge is 2.42. The molecule has 0 bridgehead atoms. The summed E-state index contributed by atoms with van der Waals surface area (Å²) in [5, 5.41) is 13.4. The van der Waals surface area contributed by atoms with Crippen LogP contribution in [0.15, 0.2) is 29.4 Å². The van der Waals surface area contributed by atoms with Gasteiger partial charge in [0.15, 0.2) is 0 Å². The second kappa shape index (κ2) is 16.2. The molecule has 3 rings (SSSR count). The van der Waals surface area contributed by atoms with Crippen molar-refractivity contribution in [1.82, 2.24) is 26.3 Å². The van der Waals surface area contributed by atoms with Gasteiger partial charge in [0.25, 0.3) is 0 Å². The number of fused-ring (bicyclic) bond motifs is 1. The van der Waals surface area contributed by atoms with Gasteiger partial charge in [-0.15, -0.1) is 0 Å². The summed E-state index contributed by atoms with van der Waals surface area (Å²) in [4.78, 5) is 39.6. The molecule has 3 heterocycles. The van der Waals surface area contributed by atoms with Gasteiger partial charge in [0.05, 0.1) is 12.1 Å². The molecule has 3 atom stereocenters. The molecule has 0 aromatic carbocycles. The number of hydrogen-bond donors (Lipinski definition) is 4. The fourth-order valence-electron chi connectivity index (χ4n) is 4.14. The largest absolute Gasteiger partial charge is 0.356 e. The number of carbonyl (C=O) groups is 3. The number of pyridine rings is 1. The first-order valence-corrected chi connectivity index (χ1v) is 15.9. The smallest absolute Gasteiger partial charge is 0.315 e. The molecule has 11 heteroatoms. The van der Waals surface area contributed by atoms with Gasteiger partial charge in [-0.2, -0.15) is 11.8 Å². The van der Waals surface area contributed by atoms with Crippen molar-refractivity contribution < 1.29 is 14.4 Å². The summed E-state index contributed by atoms with van der Waals surface area (Å²) in [6.45, 7) is 1.43. The maximum absolute atomic E-state index is 12.0. The number of thioether (sulfide) groups is 1. The zero-order valence-corrected chi connectivity index (χ0v) is 22.6. The first-order chi connectivity index (χ1) is 17.1. The lowest BCUT2D eigenvalue weighted by Crippen LogP contribution is -2.36. The van der Waals surface area contributed by atoms with Gasteiger partial charge in [-0.3, -0.25) is 9.59 Å². The van der Waals surface area contributed by atoms with E-state index in [1.165, 1.54) is 0 Å². The van der Waals surface area contributed by atoms with Crippen LogP contribution in [0.5, 0.6) is 0 Å². The Balaban J connectivity index is 1.06. The predicted molar refractivity (Wildman–Crippen MR) is 146 cm³/mol. The summed E-state index contributed by atoms with van der Waals surface area (Å²) in [6.07, 6.45) is 9.84. The van der Waals surface area contributed by atoms with Crippen LogP contribution < -0.4 is 21.3 Å². The molecule has 2 saturated heterocycles. The van der Waals surface area contributed by atoms with Crippen molar-refractivity contribution in [2.24, 2.45) is 0 Å². The van der Waals surface area contributed by atoms with E-state index in [2.05, 4.69) is 26.3 Å². The average Bonchev–Trinajstić information content (AvgIpc) is 3.41. The second-order valence-electron chi connectivity index (χ2n) is 8.81. The number of nitrogens with zero attached hydrogens (tertiary/aromatic N) is 1. The maximum atomic E-state index is 12.0. The fourth-order valence-corrected chi connectivity index (χ4v) is 7.56. The molecular formula is C24H37N5O3S3. The molecular weight excluding hydrogens is 502 g/mol. The SMILES string of the molecule is O=C(CCCC[C@@H]1SCC2NC(=O)NC21)NCCCCCCNC(=O)CCSSc1ccccn1. The Morgan fingerprint density at radius 1 is 1.00 bits per heavy atom. The number of hydrogen-bond acceptors (Lipinski definition) is 7. The zero-order valence-electron chi connectivity index (χ0n) is 20.1. The highest BCUT2D eigenvalue weighted by molar-refractivity contribution is 8.76. The van der Waals surface area contributed by atoms with Crippen LogP contribution >= 0.6 is 33.3 Å². The lowest BCUT2D eigenvalue weighted by Gasteiger charge is -2.16. The highest BCUT2D eigenvalue weighted by atomic mass is 33.1. The van der Waals surface area contributed by atoms with Crippen LogP contribution in [0.3, 0.4) is 0 Å². The third-order valence-electron chi connectivity index (χ3n) is 6.02. The molecule has 0 spiro atoms. The maximum Gasteiger partial charge on any atom is 0.315 e. The topological polar surface area (TPSA) is 112 Å². The summed E-state index contributed by atoms with van der Waals surface area (Å²) in [5.41, 5.74) is 0. The Hall–Kier alpha value is -1.59. The molecule has 35 heavy (non-hydrogen) atoms. The molecule has 0 radical (unpaired) electrons. The number of aromatic nitrogens is 1.